The molecular formula is C26H25ClN4O2S. The Hall–Kier alpha value is -3.21. The lowest BCUT2D eigenvalue weighted by Crippen LogP contribution is -2.51. The Labute approximate surface area is 209 Å². The lowest BCUT2D eigenvalue weighted by Gasteiger charge is -2.35. The van der Waals surface area contributed by atoms with Crippen molar-refractivity contribution in [3.63, 3.8) is 0 Å². The van der Waals surface area contributed by atoms with Gasteiger partial charge in [-0.2, -0.15) is 5.26 Å². The molecule has 0 radical (unpaired) electrons. The second-order valence-corrected chi connectivity index (χ2v) is 9.42. The molecular weight excluding hydrogens is 468 g/mol. The maximum Gasteiger partial charge on any atom is 0.267 e. The lowest BCUT2D eigenvalue weighted by atomic mass is 10.1. The normalized spacial score (nSPS) is 17.4. The number of nitriles is 1. The molecule has 0 aromatic heterocycles. The summed E-state index contributed by atoms with van der Waals surface area (Å²) in [4.78, 5) is 30.8. The Morgan fingerprint density at radius 2 is 1.74 bits per heavy atom. The van der Waals surface area contributed by atoms with Crippen LogP contribution in [0.25, 0.3) is 5.70 Å². The molecule has 1 fully saturated rings. The molecule has 1 saturated heterocycles. The van der Waals surface area contributed by atoms with Crippen LogP contribution < -0.4 is 4.90 Å². The highest BCUT2D eigenvalue weighted by atomic mass is 35.5. The molecule has 0 N–H and O–H groups in total. The largest absolute Gasteiger partial charge is 0.339 e. The number of halogens is 1. The zero-order valence-corrected chi connectivity index (χ0v) is 20.7. The Bertz CT molecular complexity index is 1210. The molecule has 2 aliphatic rings. The zero-order chi connectivity index (χ0) is 24.2. The summed E-state index contributed by atoms with van der Waals surface area (Å²) in [5.74, 6) is -0.240. The molecule has 174 valence electrons. The molecule has 2 aliphatic heterocycles. The molecule has 2 heterocycles. The van der Waals surface area contributed by atoms with Crippen molar-refractivity contribution in [3.8, 4) is 6.07 Å². The summed E-state index contributed by atoms with van der Waals surface area (Å²) < 4.78 is 0. The van der Waals surface area contributed by atoms with Gasteiger partial charge in [0.15, 0.2) is 0 Å². The van der Waals surface area contributed by atoms with Crippen molar-refractivity contribution in [2.45, 2.75) is 20.3 Å². The van der Waals surface area contributed by atoms with Crippen LogP contribution in [0.2, 0.25) is 5.02 Å². The van der Waals surface area contributed by atoms with Gasteiger partial charge in [0.05, 0.1) is 5.70 Å². The number of anilines is 1. The maximum atomic E-state index is 13.4. The van der Waals surface area contributed by atoms with Gasteiger partial charge in [0.25, 0.3) is 5.91 Å². The zero-order valence-electron chi connectivity index (χ0n) is 19.1. The van der Waals surface area contributed by atoms with Gasteiger partial charge in [0.2, 0.25) is 5.91 Å². The molecule has 0 unspecified atom stereocenters. The molecule has 0 spiro atoms. The van der Waals surface area contributed by atoms with E-state index < -0.39 is 0 Å². The van der Waals surface area contributed by atoms with Crippen LogP contribution in [0, 0.1) is 18.3 Å². The fraction of sp³-hybridized carbons (Fsp3) is 0.269. The van der Waals surface area contributed by atoms with E-state index in [2.05, 4.69) is 6.07 Å². The minimum absolute atomic E-state index is 0.0800. The van der Waals surface area contributed by atoms with Gasteiger partial charge in [-0.3, -0.25) is 9.59 Å². The highest BCUT2D eigenvalue weighted by Crippen LogP contribution is 2.45. The third-order valence-electron chi connectivity index (χ3n) is 5.90. The number of amides is 2. The Morgan fingerprint density at radius 3 is 2.35 bits per heavy atom. The molecule has 2 aromatic rings. The summed E-state index contributed by atoms with van der Waals surface area (Å²) in [5.41, 5.74) is 3.86. The molecule has 0 atom stereocenters. The van der Waals surface area contributed by atoms with Gasteiger partial charge in [-0.1, -0.05) is 66.2 Å². The summed E-state index contributed by atoms with van der Waals surface area (Å²) in [6.07, 6.45) is 0.445. The molecule has 2 aromatic carbocycles. The smallest absolute Gasteiger partial charge is 0.267 e. The van der Waals surface area contributed by atoms with E-state index in [1.54, 1.807) is 15.9 Å². The van der Waals surface area contributed by atoms with Crippen LogP contribution in [0.15, 0.2) is 64.5 Å². The lowest BCUT2D eigenvalue weighted by molar-refractivity contribution is -0.137. The van der Waals surface area contributed by atoms with Gasteiger partial charge in [-0.25, -0.2) is 0 Å². The first-order valence-corrected chi connectivity index (χ1v) is 12.4. The fourth-order valence-electron chi connectivity index (χ4n) is 4.02. The second-order valence-electron chi connectivity index (χ2n) is 8.12. The SMILES string of the molecule is CCC(=O)N1CCN(C(=O)C(C#N)=C2SC=C(c3ccc(C)cc3)N2c2cccc(Cl)c2)CC1. The van der Waals surface area contributed by atoms with Gasteiger partial charge in [0, 0.05) is 48.7 Å². The highest BCUT2D eigenvalue weighted by Gasteiger charge is 2.33. The summed E-state index contributed by atoms with van der Waals surface area (Å²) in [6, 6.07) is 17.7. The van der Waals surface area contributed by atoms with Crippen molar-refractivity contribution in [3.05, 3.63) is 80.7 Å². The van der Waals surface area contributed by atoms with Gasteiger partial charge in [-0.15, -0.1) is 0 Å². The van der Waals surface area contributed by atoms with Gasteiger partial charge >= 0.3 is 0 Å². The average molecular weight is 493 g/mol. The predicted molar refractivity (Wildman–Crippen MR) is 137 cm³/mol. The minimum atomic E-state index is -0.320. The van der Waals surface area contributed by atoms with Crippen LogP contribution in [-0.4, -0.2) is 47.8 Å². The van der Waals surface area contributed by atoms with Crippen molar-refractivity contribution in [1.29, 1.82) is 5.26 Å². The first-order valence-electron chi connectivity index (χ1n) is 11.1. The van der Waals surface area contributed by atoms with E-state index in [-0.39, 0.29) is 17.4 Å². The van der Waals surface area contributed by atoms with Crippen molar-refractivity contribution >= 4 is 46.6 Å². The molecule has 4 rings (SSSR count). The van der Waals surface area contributed by atoms with Crippen LogP contribution in [-0.2, 0) is 9.59 Å². The summed E-state index contributed by atoms with van der Waals surface area (Å²) in [7, 11) is 0. The Morgan fingerprint density at radius 1 is 1.06 bits per heavy atom. The Balaban J connectivity index is 1.69. The van der Waals surface area contributed by atoms with Crippen molar-refractivity contribution < 1.29 is 9.59 Å². The van der Waals surface area contributed by atoms with Crippen molar-refractivity contribution in [2.24, 2.45) is 0 Å². The molecule has 2 amide bonds. The number of carbonyl (C=O) groups excluding carboxylic acids is 2. The van der Waals surface area contributed by atoms with Crippen LogP contribution in [0.1, 0.15) is 24.5 Å². The third kappa shape index (κ3) is 4.84. The average Bonchev–Trinajstić information content (AvgIpc) is 3.29. The highest BCUT2D eigenvalue weighted by molar-refractivity contribution is 8.06. The molecule has 0 bridgehead atoms. The number of carbonyl (C=O) groups is 2. The van der Waals surface area contributed by atoms with Gasteiger partial charge in [-0.05, 0) is 30.7 Å². The number of piperazine rings is 1. The number of nitrogens with zero attached hydrogens (tertiary/aromatic N) is 4. The van der Waals surface area contributed by atoms with E-state index in [0.29, 0.717) is 42.7 Å². The number of hydrogen-bond donors (Lipinski definition) is 0. The summed E-state index contributed by atoms with van der Waals surface area (Å²) in [5, 5.41) is 13.2. The van der Waals surface area contributed by atoms with Crippen LogP contribution in [0.5, 0.6) is 0 Å². The van der Waals surface area contributed by atoms with Crippen LogP contribution in [0.4, 0.5) is 5.69 Å². The monoisotopic (exact) mass is 492 g/mol. The fourth-order valence-corrected chi connectivity index (χ4v) is 5.23. The quantitative estimate of drug-likeness (QED) is 0.443. The number of thioether (sulfide) groups is 1. The van der Waals surface area contributed by atoms with E-state index in [1.807, 2.05) is 66.6 Å². The minimum Gasteiger partial charge on any atom is -0.339 e. The predicted octanol–water partition coefficient (Wildman–Crippen LogP) is 5.02. The molecule has 8 heteroatoms. The summed E-state index contributed by atoms with van der Waals surface area (Å²) in [6.45, 7) is 5.63. The van der Waals surface area contributed by atoms with E-state index in [1.165, 1.54) is 11.8 Å². The van der Waals surface area contributed by atoms with Crippen molar-refractivity contribution in [2.75, 3.05) is 31.1 Å². The van der Waals surface area contributed by atoms with E-state index in [0.717, 1.165) is 22.5 Å². The third-order valence-corrected chi connectivity index (χ3v) is 7.09. The van der Waals surface area contributed by atoms with Gasteiger partial charge in [0.1, 0.15) is 16.7 Å². The van der Waals surface area contributed by atoms with E-state index in [4.69, 9.17) is 11.6 Å². The molecule has 34 heavy (non-hydrogen) atoms. The first kappa shape index (κ1) is 23.9. The number of rotatable bonds is 4. The first-order chi connectivity index (χ1) is 16.4. The number of aryl methyl sites for hydroxylation is 1. The standard InChI is InChI=1S/C26H25ClN4O2S/c1-3-24(32)29-11-13-30(14-12-29)25(33)22(16-28)26-31(21-6-4-5-20(27)15-21)23(17-34-26)19-9-7-18(2)8-10-19/h4-10,15,17H,3,11-14H2,1-2H3. The van der Waals surface area contributed by atoms with E-state index >= 15 is 0 Å². The number of hydrogen-bond acceptors (Lipinski definition) is 5. The molecule has 6 nitrogen and oxygen atoms in total. The Kier molecular flexibility index (Phi) is 7.30. The van der Waals surface area contributed by atoms with Crippen LogP contribution in [0.3, 0.4) is 0 Å². The van der Waals surface area contributed by atoms with E-state index in [9.17, 15) is 14.9 Å². The van der Waals surface area contributed by atoms with Crippen LogP contribution >= 0.6 is 23.4 Å². The van der Waals surface area contributed by atoms with Crippen molar-refractivity contribution in [1.82, 2.24) is 9.80 Å². The number of benzene rings is 2. The molecule has 0 aliphatic carbocycles. The maximum absolute atomic E-state index is 13.4. The molecule has 0 saturated carbocycles. The topological polar surface area (TPSA) is 67.6 Å². The second kappa shape index (κ2) is 10.4. The summed E-state index contributed by atoms with van der Waals surface area (Å²) >= 11 is 7.65. The van der Waals surface area contributed by atoms with Gasteiger partial charge < -0.3 is 14.7 Å².